The maximum absolute atomic E-state index is 11.5. The van der Waals surface area contributed by atoms with Crippen LogP contribution in [0.5, 0.6) is 0 Å². The second-order valence-corrected chi connectivity index (χ2v) is 4.76. The molecule has 0 saturated heterocycles. The van der Waals surface area contributed by atoms with Crippen LogP contribution >= 0.6 is 11.3 Å². The zero-order chi connectivity index (χ0) is 13.7. The summed E-state index contributed by atoms with van der Waals surface area (Å²) in [6.07, 6.45) is 0. The fourth-order valence-electron chi connectivity index (χ4n) is 1.63. The van der Waals surface area contributed by atoms with Crippen LogP contribution in [-0.4, -0.2) is 32.6 Å². The van der Waals surface area contributed by atoms with Crippen molar-refractivity contribution in [2.75, 3.05) is 37.4 Å². The number of rotatable bonds is 6. The third kappa shape index (κ3) is 2.81. The van der Waals surface area contributed by atoms with Crippen molar-refractivity contribution in [2.45, 2.75) is 13.8 Å². The molecule has 1 aromatic heterocycles. The van der Waals surface area contributed by atoms with E-state index in [-0.39, 0.29) is 5.78 Å². The molecule has 6 heteroatoms. The van der Waals surface area contributed by atoms with Crippen LogP contribution < -0.4 is 10.6 Å². The first kappa shape index (κ1) is 14.5. The number of nitrogen functional groups attached to an aromatic ring is 1. The monoisotopic (exact) mass is 267 g/mol. The van der Waals surface area contributed by atoms with E-state index in [1.165, 1.54) is 18.3 Å². The molecule has 5 nitrogen and oxygen atoms in total. The number of carbonyl (C=O) groups excluding carboxylic acids is 1. The second-order valence-electron chi connectivity index (χ2n) is 3.77. The Morgan fingerprint density at radius 1 is 1.61 bits per heavy atom. The van der Waals surface area contributed by atoms with Crippen LogP contribution in [0, 0.1) is 11.3 Å². The number of thiophene rings is 1. The highest BCUT2D eigenvalue weighted by atomic mass is 32.1. The van der Waals surface area contributed by atoms with Crippen LogP contribution in [0.25, 0.3) is 0 Å². The van der Waals surface area contributed by atoms with Gasteiger partial charge in [-0.1, -0.05) is 0 Å². The zero-order valence-electron chi connectivity index (χ0n) is 10.8. The number of ketones is 1. The number of likely N-dealkylation sites (N-methyl/N-ethyl adjacent to an activating group) is 1. The Morgan fingerprint density at radius 2 is 2.28 bits per heavy atom. The van der Waals surface area contributed by atoms with Gasteiger partial charge in [0.1, 0.15) is 16.6 Å². The highest BCUT2D eigenvalue weighted by Crippen LogP contribution is 2.37. The van der Waals surface area contributed by atoms with E-state index in [9.17, 15) is 10.1 Å². The van der Waals surface area contributed by atoms with E-state index in [0.717, 1.165) is 11.5 Å². The predicted molar refractivity (Wildman–Crippen MR) is 73.2 cm³/mol. The first-order chi connectivity index (χ1) is 8.56. The number of nitrogens with two attached hydrogens (primary N) is 1. The summed E-state index contributed by atoms with van der Waals surface area (Å²) in [6.45, 7) is 5.40. The molecule has 0 aliphatic heterocycles. The lowest BCUT2D eigenvalue weighted by atomic mass is 10.2. The normalized spacial score (nSPS) is 10.1. The molecule has 0 aromatic carbocycles. The summed E-state index contributed by atoms with van der Waals surface area (Å²) in [5.41, 5.74) is 6.53. The summed E-state index contributed by atoms with van der Waals surface area (Å²) in [5.74, 6) is -0.108. The SMILES string of the molecule is CCN(CCOC)c1sc(C(C)=O)c(N)c1C#N. The Hall–Kier alpha value is -1.58. The standard InChI is InChI=1S/C12H17N3O2S/c1-4-15(5-6-17-3)12-9(7-13)10(14)11(18-12)8(2)16/h4-6,14H2,1-3H3. The maximum atomic E-state index is 11.5. The van der Waals surface area contributed by atoms with Crippen molar-refractivity contribution in [3.63, 3.8) is 0 Å². The molecule has 98 valence electrons. The molecule has 1 aromatic rings. The van der Waals surface area contributed by atoms with Crippen LogP contribution in [0.4, 0.5) is 10.7 Å². The number of ether oxygens (including phenoxy) is 1. The van der Waals surface area contributed by atoms with Crippen molar-refractivity contribution in [3.05, 3.63) is 10.4 Å². The van der Waals surface area contributed by atoms with Crippen molar-refractivity contribution in [2.24, 2.45) is 0 Å². The Bertz CT molecular complexity index is 476. The quantitative estimate of drug-likeness (QED) is 0.796. The lowest BCUT2D eigenvalue weighted by molar-refractivity contribution is 0.102. The molecule has 0 fully saturated rings. The van der Waals surface area contributed by atoms with E-state index in [2.05, 4.69) is 6.07 Å². The molecule has 18 heavy (non-hydrogen) atoms. The largest absolute Gasteiger partial charge is 0.396 e. The molecule has 0 amide bonds. The first-order valence-corrected chi connectivity index (χ1v) is 6.45. The third-order valence-corrected chi connectivity index (χ3v) is 3.96. The fraction of sp³-hybridized carbons (Fsp3) is 0.500. The van der Waals surface area contributed by atoms with Gasteiger partial charge in [-0.3, -0.25) is 4.79 Å². The Kier molecular flexibility index (Phi) is 5.13. The summed E-state index contributed by atoms with van der Waals surface area (Å²) in [7, 11) is 1.63. The van der Waals surface area contributed by atoms with Gasteiger partial charge >= 0.3 is 0 Å². The van der Waals surface area contributed by atoms with Gasteiger partial charge < -0.3 is 15.4 Å². The number of anilines is 2. The molecule has 0 unspecified atom stereocenters. The molecular weight excluding hydrogens is 250 g/mol. The molecule has 0 saturated carbocycles. The minimum atomic E-state index is -0.108. The summed E-state index contributed by atoms with van der Waals surface area (Å²) in [6, 6.07) is 2.08. The first-order valence-electron chi connectivity index (χ1n) is 5.63. The van der Waals surface area contributed by atoms with Crippen LogP contribution in [0.15, 0.2) is 0 Å². The van der Waals surface area contributed by atoms with Gasteiger partial charge in [-0.2, -0.15) is 5.26 Å². The smallest absolute Gasteiger partial charge is 0.171 e. The van der Waals surface area contributed by atoms with Crippen LogP contribution in [0.3, 0.4) is 0 Å². The van der Waals surface area contributed by atoms with E-state index in [4.69, 9.17) is 10.5 Å². The number of nitrogens with zero attached hydrogens (tertiary/aromatic N) is 2. The lowest BCUT2D eigenvalue weighted by Gasteiger charge is -2.20. The van der Waals surface area contributed by atoms with Gasteiger partial charge in [0.15, 0.2) is 5.78 Å². The molecule has 0 radical (unpaired) electrons. The topological polar surface area (TPSA) is 79.3 Å². The number of methoxy groups -OCH3 is 1. The summed E-state index contributed by atoms with van der Waals surface area (Å²) in [4.78, 5) is 13.9. The lowest BCUT2D eigenvalue weighted by Crippen LogP contribution is -2.26. The van der Waals surface area contributed by atoms with Crippen LogP contribution in [0.2, 0.25) is 0 Å². The van der Waals surface area contributed by atoms with Crippen LogP contribution in [-0.2, 0) is 4.74 Å². The summed E-state index contributed by atoms with van der Waals surface area (Å²) >= 11 is 1.28. The second kappa shape index (κ2) is 6.38. The number of hydrogen-bond donors (Lipinski definition) is 1. The Morgan fingerprint density at radius 3 is 2.72 bits per heavy atom. The van der Waals surface area contributed by atoms with Crippen LogP contribution in [0.1, 0.15) is 29.1 Å². The molecule has 0 spiro atoms. The summed E-state index contributed by atoms with van der Waals surface area (Å²) in [5, 5.41) is 9.92. The van der Waals surface area contributed by atoms with Gasteiger partial charge in [-0.25, -0.2) is 0 Å². The Balaban J connectivity index is 3.18. The molecule has 1 rings (SSSR count). The van der Waals surface area contributed by atoms with Gasteiger partial charge in [0.05, 0.1) is 17.2 Å². The van der Waals surface area contributed by atoms with Crippen molar-refractivity contribution in [1.29, 1.82) is 5.26 Å². The molecule has 0 aliphatic rings. The molecule has 0 aliphatic carbocycles. The van der Waals surface area contributed by atoms with Crippen molar-refractivity contribution < 1.29 is 9.53 Å². The minimum absolute atomic E-state index is 0.108. The van der Waals surface area contributed by atoms with Crippen molar-refractivity contribution >= 4 is 27.8 Å². The highest BCUT2D eigenvalue weighted by Gasteiger charge is 2.21. The molecule has 1 heterocycles. The summed E-state index contributed by atoms with van der Waals surface area (Å²) < 4.78 is 5.04. The minimum Gasteiger partial charge on any atom is -0.396 e. The van der Waals surface area contributed by atoms with Gasteiger partial charge in [-0.05, 0) is 6.92 Å². The van der Waals surface area contributed by atoms with Gasteiger partial charge in [0.25, 0.3) is 0 Å². The van der Waals surface area contributed by atoms with E-state index in [1.807, 2.05) is 11.8 Å². The average molecular weight is 267 g/mol. The molecule has 2 N–H and O–H groups in total. The van der Waals surface area contributed by atoms with E-state index < -0.39 is 0 Å². The van der Waals surface area contributed by atoms with E-state index in [0.29, 0.717) is 29.3 Å². The molecule has 0 atom stereocenters. The van der Waals surface area contributed by atoms with Gasteiger partial charge in [-0.15, -0.1) is 11.3 Å². The number of Topliss-reactive ketones (excluding diaryl/α,β-unsaturated/α-hetero) is 1. The van der Waals surface area contributed by atoms with Crippen molar-refractivity contribution in [3.8, 4) is 6.07 Å². The molecular formula is C12H17N3O2S. The van der Waals surface area contributed by atoms with Gasteiger partial charge in [0, 0.05) is 27.1 Å². The van der Waals surface area contributed by atoms with E-state index in [1.54, 1.807) is 7.11 Å². The Labute approximate surface area is 111 Å². The number of nitriles is 1. The maximum Gasteiger partial charge on any atom is 0.171 e. The fourth-order valence-corrected chi connectivity index (χ4v) is 2.78. The molecule has 0 bridgehead atoms. The third-order valence-electron chi connectivity index (χ3n) is 2.59. The number of carbonyl (C=O) groups is 1. The van der Waals surface area contributed by atoms with E-state index >= 15 is 0 Å². The zero-order valence-corrected chi connectivity index (χ0v) is 11.6. The predicted octanol–water partition coefficient (Wildman–Crippen LogP) is 1.88. The van der Waals surface area contributed by atoms with Crippen molar-refractivity contribution in [1.82, 2.24) is 0 Å². The average Bonchev–Trinajstić information content (AvgIpc) is 2.67. The number of hydrogen-bond acceptors (Lipinski definition) is 6. The van der Waals surface area contributed by atoms with Gasteiger partial charge in [0.2, 0.25) is 0 Å². The highest BCUT2D eigenvalue weighted by molar-refractivity contribution is 7.19.